The zero-order chi connectivity index (χ0) is 11.5. The third kappa shape index (κ3) is 2.38. The van der Waals surface area contributed by atoms with E-state index >= 15 is 0 Å². The van der Waals surface area contributed by atoms with E-state index in [4.69, 9.17) is 11.6 Å². The minimum atomic E-state index is -0.756. The maximum Gasteiger partial charge on any atom is 0.130 e. The lowest BCUT2D eigenvalue weighted by molar-refractivity contribution is 0.0817. The van der Waals surface area contributed by atoms with Gasteiger partial charge in [-0.1, -0.05) is 36.9 Å². The molecule has 16 heavy (non-hydrogen) atoms. The molecule has 2 rings (SSSR count). The van der Waals surface area contributed by atoms with Crippen molar-refractivity contribution in [3.05, 3.63) is 34.6 Å². The van der Waals surface area contributed by atoms with Gasteiger partial charge in [0.25, 0.3) is 0 Å². The van der Waals surface area contributed by atoms with Crippen LogP contribution in [0.4, 0.5) is 4.39 Å². The van der Waals surface area contributed by atoms with Crippen LogP contribution >= 0.6 is 11.6 Å². The van der Waals surface area contributed by atoms with Gasteiger partial charge in [-0.25, -0.2) is 4.39 Å². The summed E-state index contributed by atoms with van der Waals surface area (Å²) in [6, 6.07) is 4.55. The molecule has 0 aromatic heterocycles. The molecule has 88 valence electrons. The van der Waals surface area contributed by atoms with E-state index in [9.17, 15) is 9.50 Å². The summed E-state index contributed by atoms with van der Waals surface area (Å²) in [5.41, 5.74) is 0.274. The first-order chi connectivity index (χ1) is 7.70. The maximum absolute atomic E-state index is 13.6. The van der Waals surface area contributed by atoms with Gasteiger partial charge in [0.05, 0.1) is 6.10 Å². The number of aliphatic hydroxyl groups is 1. The summed E-state index contributed by atoms with van der Waals surface area (Å²) in [7, 11) is 0. The van der Waals surface area contributed by atoms with Crippen LogP contribution in [0.5, 0.6) is 0 Å². The van der Waals surface area contributed by atoms with Gasteiger partial charge in [-0.15, -0.1) is 0 Å². The Balaban J connectivity index is 2.22. The normalized spacial score (nSPS) is 19.7. The Morgan fingerprint density at radius 1 is 1.25 bits per heavy atom. The second-order valence-corrected chi connectivity index (χ2v) is 4.89. The molecule has 0 heterocycles. The Kier molecular flexibility index (Phi) is 3.82. The van der Waals surface area contributed by atoms with Gasteiger partial charge in [0.2, 0.25) is 0 Å². The van der Waals surface area contributed by atoms with E-state index in [1.807, 2.05) is 0 Å². The van der Waals surface area contributed by atoms with E-state index in [0.29, 0.717) is 5.02 Å². The van der Waals surface area contributed by atoms with Gasteiger partial charge in [0, 0.05) is 10.6 Å². The molecule has 0 saturated heterocycles. The van der Waals surface area contributed by atoms with Crippen LogP contribution in [-0.2, 0) is 0 Å². The molecule has 1 saturated carbocycles. The highest BCUT2D eigenvalue weighted by Gasteiger charge is 2.26. The Bertz CT molecular complexity index is 341. The smallest absolute Gasteiger partial charge is 0.130 e. The molecule has 1 atom stereocenters. The van der Waals surface area contributed by atoms with Crippen LogP contribution in [-0.4, -0.2) is 5.11 Å². The van der Waals surface area contributed by atoms with E-state index in [1.54, 1.807) is 12.1 Å². The second-order valence-electron chi connectivity index (χ2n) is 4.48. The molecule has 1 nitrogen and oxygen atoms in total. The number of rotatable bonds is 2. The van der Waals surface area contributed by atoms with E-state index < -0.39 is 11.9 Å². The molecule has 3 heteroatoms. The molecular weight excluding hydrogens is 227 g/mol. The average molecular weight is 243 g/mol. The van der Waals surface area contributed by atoms with Crippen molar-refractivity contribution in [2.45, 2.75) is 38.2 Å². The summed E-state index contributed by atoms with van der Waals surface area (Å²) >= 11 is 5.94. The van der Waals surface area contributed by atoms with Crippen LogP contribution in [0.1, 0.15) is 43.8 Å². The number of hydrogen-bond donors (Lipinski definition) is 1. The standard InChI is InChI=1S/C13H16ClFO/c14-10-7-4-8-11(15)12(10)13(16)9-5-2-1-3-6-9/h4,7-9,13,16H,1-3,5-6H2/t13-/m1/s1. The summed E-state index contributed by atoms with van der Waals surface area (Å²) in [6.45, 7) is 0. The van der Waals surface area contributed by atoms with Crippen molar-refractivity contribution in [2.24, 2.45) is 5.92 Å². The van der Waals surface area contributed by atoms with Gasteiger partial charge < -0.3 is 5.11 Å². The molecule has 0 unspecified atom stereocenters. The lowest BCUT2D eigenvalue weighted by Crippen LogP contribution is -2.17. The lowest BCUT2D eigenvalue weighted by atomic mass is 9.82. The summed E-state index contributed by atoms with van der Waals surface area (Å²) < 4.78 is 13.6. The Morgan fingerprint density at radius 2 is 1.94 bits per heavy atom. The highest BCUT2D eigenvalue weighted by Crippen LogP contribution is 2.37. The first-order valence-electron chi connectivity index (χ1n) is 5.82. The van der Waals surface area contributed by atoms with Crippen LogP contribution < -0.4 is 0 Å². The molecule has 0 amide bonds. The molecule has 0 bridgehead atoms. The third-order valence-corrected chi connectivity index (χ3v) is 3.72. The summed E-state index contributed by atoms with van der Waals surface area (Å²) in [4.78, 5) is 0. The first kappa shape index (κ1) is 11.9. The second kappa shape index (κ2) is 5.15. The summed E-state index contributed by atoms with van der Waals surface area (Å²) in [6.07, 6.45) is 4.63. The van der Waals surface area contributed by atoms with Crippen LogP contribution in [0.3, 0.4) is 0 Å². The van der Waals surface area contributed by atoms with Gasteiger partial charge in [0.1, 0.15) is 5.82 Å². The Labute approximate surface area is 100 Å². The molecule has 1 fully saturated rings. The summed E-state index contributed by atoms with van der Waals surface area (Å²) in [5, 5.41) is 10.5. The molecule has 0 aliphatic heterocycles. The molecule has 0 spiro atoms. The van der Waals surface area contributed by atoms with Crippen molar-refractivity contribution < 1.29 is 9.50 Å². The topological polar surface area (TPSA) is 20.2 Å². The first-order valence-corrected chi connectivity index (χ1v) is 6.20. The van der Waals surface area contributed by atoms with Gasteiger partial charge in [-0.05, 0) is 30.9 Å². The molecule has 1 N–H and O–H groups in total. The van der Waals surface area contributed by atoms with E-state index in [-0.39, 0.29) is 11.5 Å². The van der Waals surface area contributed by atoms with Crippen LogP contribution in [0.25, 0.3) is 0 Å². The minimum Gasteiger partial charge on any atom is -0.388 e. The highest BCUT2D eigenvalue weighted by atomic mass is 35.5. The lowest BCUT2D eigenvalue weighted by Gasteiger charge is -2.27. The third-order valence-electron chi connectivity index (χ3n) is 3.39. The SMILES string of the molecule is O[C@@H](c1c(F)cccc1Cl)C1CCCCC1. The van der Waals surface area contributed by atoms with E-state index in [1.165, 1.54) is 12.5 Å². The van der Waals surface area contributed by atoms with Crippen molar-refractivity contribution in [2.75, 3.05) is 0 Å². The quantitative estimate of drug-likeness (QED) is 0.828. The van der Waals surface area contributed by atoms with Crippen LogP contribution in [0.2, 0.25) is 5.02 Å². The van der Waals surface area contributed by atoms with E-state index in [2.05, 4.69) is 0 Å². The van der Waals surface area contributed by atoms with Crippen molar-refractivity contribution in [3.63, 3.8) is 0 Å². The fourth-order valence-corrected chi connectivity index (χ4v) is 2.75. The average Bonchev–Trinajstić information content (AvgIpc) is 2.30. The predicted octanol–water partition coefficient (Wildman–Crippen LogP) is 4.09. The fourth-order valence-electron chi connectivity index (χ4n) is 2.48. The number of aliphatic hydroxyl groups excluding tert-OH is 1. The van der Waals surface area contributed by atoms with Gasteiger partial charge in [-0.3, -0.25) is 0 Å². The van der Waals surface area contributed by atoms with Crippen molar-refractivity contribution in [1.29, 1.82) is 0 Å². The molecule has 1 aliphatic rings. The predicted molar refractivity (Wildman–Crippen MR) is 62.9 cm³/mol. The Morgan fingerprint density at radius 3 is 2.56 bits per heavy atom. The van der Waals surface area contributed by atoms with Crippen molar-refractivity contribution >= 4 is 11.6 Å². The Hall–Kier alpha value is -0.600. The molecule has 0 radical (unpaired) electrons. The van der Waals surface area contributed by atoms with Crippen molar-refractivity contribution in [3.8, 4) is 0 Å². The molecular formula is C13H16ClFO. The monoisotopic (exact) mass is 242 g/mol. The largest absolute Gasteiger partial charge is 0.388 e. The molecule has 1 aliphatic carbocycles. The zero-order valence-corrected chi connectivity index (χ0v) is 9.88. The molecule has 1 aromatic carbocycles. The number of hydrogen-bond acceptors (Lipinski definition) is 1. The highest BCUT2D eigenvalue weighted by molar-refractivity contribution is 6.31. The minimum absolute atomic E-state index is 0.156. The van der Waals surface area contributed by atoms with Gasteiger partial charge >= 0.3 is 0 Å². The van der Waals surface area contributed by atoms with E-state index in [0.717, 1.165) is 25.7 Å². The summed E-state index contributed by atoms with van der Waals surface area (Å²) in [5.74, 6) is -0.242. The maximum atomic E-state index is 13.6. The molecule has 1 aromatic rings. The fraction of sp³-hybridized carbons (Fsp3) is 0.538. The van der Waals surface area contributed by atoms with Crippen molar-refractivity contribution in [1.82, 2.24) is 0 Å². The van der Waals surface area contributed by atoms with Crippen LogP contribution in [0, 0.1) is 11.7 Å². The van der Waals surface area contributed by atoms with Crippen LogP contribution in [0.15, 0.2) is 18.2 Å². The zero-order valence-electron chi connectivity index (χ0n) is 9.13. The number of benzene rings is 1. The van der Waals surface area contributed by atoms with Gasteiger partial charge in [-0.2, -0.15) is 0 Å². The number of halogens is 2. The van der Waals surface area contributed by atoms with Gasteiger partial charge in [0.15, 0.2) is 0 Å².